The molecule has 5 nitrogen and oxygen atoms in total. The summed E-state index contributed by atoms with van der Waals surface area (Å²) in [4.78, 5) is 23.7. The van der Waals surface area contributed by atoms with Crippen LogP contribution in [-0.4, -0.2) is 28.9 Å². The molecule has 160 valence electrons. The van der Waals surface area contributed by atoms with E-state index >= 15 is 0 Å². The number of aromatic nitrogens is 2. The molecule has 3 heterocycles. The van der Waals surface area contributed by atoms with Gasteiger partial charge in [0.05, 0.1) is 22.7 Å². The highest BCUT2D eigenvalue weighted by Crippen LogP contribution is 2.31. The van der Waals surface area contributed by atoms with E-state index < -0.39 is 24.0 Å². The van der Waals surface area contributed by atoms with Crippen molar-refractivity contribution >= 4 is 28.1 Å². The number of halogens is 4. The second-order valence-corrected chi connectivity index (χ2v) is 7.08. The van der Waals surface area contributed by atoms with Gasteiger partial charge in [0.1, 0.15) is 12.3 Å². The van der Waals surface area contributed by atoms with E-state index in [0.29, 0.717) is 40.3 Å². The van der Waals surface area contributed by atoms with Gasteiger partial charge in [-0.05, 0) is 49.2 Å². The lowest BCUT2D eigenvalue weighted by molar-refractivity contribution is -0.137. The van der Waals surface area contributed by atoms with Gasteiger partial charge in [-0.25, -0.2) is 9.37 Å². The van der Waals surface area contributed by atoms with Crippen LogP contribution in [0.2, 0.25) is 0 Å². The molecule has 1 aliphatic rings. The van der Waals surface area contributed by atoms with Crippen LogP contribution in [0.25, 0.3) is 11.0 Å². The van der Waals surface area contributed by atoms with E-state index in [1.807, 2.05) is 6.08 Å². The highest BCUT2D eigenvalue weighted by atomic mass is 19.4. The summed E-state index contributed by atoms with van der Waals surface area (Å²) in [5.74, 6) is 0. The molecule has 0 atom stereocenters. The molecule has 2 N–H and O–H groups in total. The molecule has 0 saturated heterocycles. The highest BCUT2D eigenvalue weighted by molar-refractivity contribution is 6.12. The lowest BCUT2D eigenvalue weighted by Gasteiger charge is -2.12. The van der Waals surface area contributed by atoms with Crippen molar-refractivity contribution in [1.29, 1.82) is 0 Å². The number of fused-ring (bicyclic) bond motifs is 1. The van der Waals surface area contributed by atoms with Gasteiger partial charge in [0.2, 0.25) is 0 Å². The van der Waals surface area contributed by atoms with Gasteiger partial charge in [-0.2, -0.15) is 13.2 Å². The number of anilines is 2. The number of hydrogen-bond acceptors (Lipinski definition) is 4. The lowest BCUT2D eigenvalue weighted by atomic mass is 10.1. The summed E-state index contributed by atoms with van der Waals surface area (Å²) in [7, 11) is 0. The molecule has 3 aromatic rings. The molecule has 0 bridgehead atoms. The molecule has 0 radical (unpaired) electrons. The molecule has 0 amide bonds. The second-order valence-electron chi connectivity index (χ2n) is 7.08. The monoisotopic (exact) mass is 430 g/mol. The third-order valence-corrected chi connectivity index (χ3v) is 4.91. The normalized spacial score (nSPS) is 14.7. The number of aromatic amines is 1. The van der Waals surface area contributed by atoms with Crippen LogP contribution in [0.15, 0.2) is 63.9 Å². The van der Waals surface area contributed by atoms with Crippen molar-refractivity contribution < 1.29 is 17.6 Å². The summed E-state index contributed by atoms with van der Waals surface area (Å²) in [5, 5.41) is 3.52. The number of nitrogens with one attached hydrogen (secondary N) is 2. The Bertz CT molecular complexity index is 1230. The third kappa shape index (κ3) is 4.50. The molecular weight excluding hydrogens is 412 g/mol. The first kappa shape index (κ1) is 20.8. The van der Waals surface area contributed by atoms with Crippen molar-refractivity contribution in [3.05, 3.63) is 75.7 Å². The van der Waals surface area contributed by atoms with Crippen molar-refractivity contribution in [3.63, 3.8) is 0 Å². The third-order valence-electron chi connectivity index (χ3n) is 4.91. The van der Waals surface area contributed by atoms with Crippen molar-refractivity contribution in [2.75, 3.05) is 18.5 Å². The van der Waals surface area contributed by atoms with Crippen LogP contribution in [0.5, 0.6) is 0 Å². The molecule has 0 unspecified atom stereocenters. The minimum Gasteiger partial charge on any atom is -0.355 e. The Morgan fingerprint density at radius 2 is 1.87 bits per heavy atom. The number of rotatable bonds is 4. The molecule has 31 heavy (non-hydrogen) atoms. The summed E-state index contributed by atoms with van der Waals surface area (Å²) in [5.41, 5.74) is 1.22. The summed E-state index contributed by atoms with van der Waals surface area (Å²) < 4.78 is 51.8. The Morgan fingerprint density at radius 1 is 1.10 bits per heavy atom. The molecular formula is C22H18F4N4O. The quantitative estimate of drug-likeness (QED) is 0.562. The Kier molecular flexibility index (Phi) is 5.58. The molecule has 0 saturated carbocycles. The van der Waals surface area contributed by atoms with Crippen molar-refractivity contribution in [2.45, 2.75) is 19.0 Å². The van der Waals surface area contributed by atoms with Gasteiger partial charge in [-0.3, -0.25) is 9.79 Å². The maximum atomic E-state index is 13.5. The Hall–Kier alpha value is -3.49. The fraction of sp³-hybridized carbons (Fsp3) is 0.227. The maximum Gasteiger partial charge on any atom is 0.416 e. The van der Waals surface area contributed by atoms with E-state index in [9.17, 15) is 22.4 Å². The summed E-state index contributed by atoms with van der Waals surface area (Å²) in [6.45, 7) is -0.105. The number of aliphatic imine (C=N–C) groups is 1. The first-order valence-corrected chi connectivity index (χ1v) is 9.64. The predicted molar refractivity (Wildman–Crippen MR) is 112 cm³/mol. The van der Waals surface area contributed by atoms with Gasteiger partial charge in [0, 0.05) is 29.3 Å². The zero-order chi connectivity index (χ0) is 22.0. The van der Waals surface area contributed by atoms with Crippen LogP contribution in [0.4, 0.5) is 28.9 Å². The van der Waals surface area contributed by atoms with Gasteiger partial charge < -0.3 is 10.3 Å². The average Bonchev–Trinajstić information content (AvgIpc) is 2.98. The van der Waals surface area contributed by atoms with Crippen LogP contribution >= 0.6 is 0 Å². The number of nitrogens with zero attached hydrogens (tertiary/aromatic N) is 2. The molecule has 2 aromatic heterocycles. The fourth-order valence-corrected chi connectivity index (χ4v) is 3.39. The maximum absolute atomic E-state index is 13.5. The van der Waals surface area contributed by atoms with Crippen molar-refractivity contribution in [1.82, 2.24) is 9.97 Å². The van der Waals surface area contributed by atoms with Crippen LogP contribution < -0.4 is 10.9 Å². The van der Waals surface area contributed by atoms with Gasteiger partial charge in [0.15, 0.2) is 0 Å². The van der Waals surface area contributed by atoms with E-state index in [4.69, 9.17) is 0 Å². The topological polar surface area (TPSA) is 70.1 Å². The fourth-order valence-electron chi connectivity index (χ4n) is 3.39. The standard InChI is InChI=1S/C22H18F4N4O/c23-12-13-3-1-2-10-27-20(13)17-9-8-16-18(11-19(31)30-21(16)29-17)28-15-6-4-14(5-7-15)22(24,25)26/h3-9,11H,1-2,10,12H2,(H2,28,29,30,31). The molecule has 1 aromatic carbocycles. The van der Waals surface area contributed by atoms with Crippen molar-refractivity contribution in [2.24, 2.45) is 4.99 Å². The Balaban J connectivity index is 1.71. The first-order valence-electron chi connectivity index (χ1n) is 9.64. The highest BCUT2D eigenvalue weighted by Gasteiger charge is 2.30. The molecule has 0 fully saturated rings. The van der Waals surface area contributed by atoms with E-state index in [2.05, 4.69) is 20.3 Å². The molecule has 0 spiro atoms. The molecule has 1 aliphatic heterocycles. The average molecular weight is 430 g/mol. The van der Waals surface area contributed by atoms with Gasteiger partial charge in [-0.1, -0.05) is 6.08 Å². The first-order chi connectivity index (χ1) is 14.8. The largest absolute Gasteiger partial charge is 0.416 e. The number of alkyl halides is 4. The number of H-pyrrole nitrogens is 1. The lowest BCUT2D eigenvalue weighted by Crippen LogP contribution is -2.12. The SMILES string of the molecule is O=c1cc(Nc2ccc(C(F)(F)F)cc2)c2ccc(C3=NCCCC=C3CF)nc2[nH]1. The van der Waals surface area contributed by atoms with E-state index in [1.54, 1.807) is 12.1 Å². The van der Waals surface area contributed by atoms with Gasteiger partial charge in [-0.15, -0.1) is 0 Å². The molecule has 4 rings (SSSR count). The Labute approximate surface area is 174 Å². The van der Waals surface area contributed by atoms with Crippen molar-refractivity contribution in [3.8, 4) is 0 Å². The number of allylic oxidation sites excluding steroid dienone is 2. The Morgan fingerprint density at radius 3 is 2.58 bits per heavy atom. The second kappa shape index (κ2) is 8.33. The predicted octanol–water partition coefficient (Wildman–Crippen LogP) is 5.16. The number of benzene rings is 1. The summed E-state index contributed by atoms with van der Waals surface area (Å²) in [6.07, 6.45) is -1.07. The van der Waals surface area contributed by atoms with Gasteiger partial charge in [0.25, 0.3) is 5.56 Å². The minimum absolute atomic E-state index is 0.268. The number of hydrogen-bond donors (Lipinski definition) is 2. The van der Waals surface area contributed by atoms with Crippen LogP contribution in [0.3, 0.4) is 0 Å². The number of pyridine rings is 2. The van der Waals surface area contributed by atoms with E-state index in [0.717, 1.165) is 25.0 Å². The zero-order valence-electron chi connectivity index (χ0n) is 16.3. The zero-order valence-corrected chi connectivity index (χ0v) is 16.3. The van der Waals surface area contributed by atoms with Gasteiger partial charge >= 0.3 is 6.18 Å². The minimum atomic E-state index is -4.43. The van der Waals surface area contributed by atoms with Crippen LogP contribution in [0.1, 0.15) is 24.1 Å². The summed E-state index contributed by atoms with van der Waals surface area (Å²) >= 11 is 0. The smallest absolute Gasteiger partial charge is 0.355 e. The van der Waals surface area contributed by atoms with E-state index in [1.165, 1.54) is 18.2 Å². The van der Waals surface area contributed by atoms with E-state index in [-0.39, 0.29) is 5.65 Å². The summed E-state index contributed by atoms with van der Waals surface area (Å²) in [6, 6.07) is 9.20. The molecule has 0 aliphatic carbocycles. The van der Waals surface area contributed by atoms with Crippen LogP contribution in [-0.2, 0) is 6.18 Å². The molecule has 9 heteroatoms. The van der Waals surface area contributed by atoms with Crippen LogP contribution in [0, 0.1) is 0 Å².